The summed E-state index contributed by atoms with van der Waals surface area (Å²) in [6.07, 6.45) is -3.99. The van der Waals surface area contributed by atoms with Crippen molar-refractivity contribution in [2.75, 3.05) is 18.4 Å². The van der Waals surface area contributed by atoms with E-state index in [-0.39, 0.29) is 19.0 Å². The van der Waals surface area contributed by atoms with E-state index in [1.54, 1.807) is 0 Å². The third kappa shape index (κ3) is 4.03. The van der Waals surface area contributed by atoms with Crippen LogP contribution in [0, 0.1) is 5.92 Å². The number of amides is 3. The van der Waals surface area contributed by atoms with Gasteiger partial charge in [0.2, 0.25) is 5.91 Å². The smallest absolute Gasteiger partial charge is 0.369 e. The van der Waals surface area contributed by atoms with Crippen molar-refractivity contribution in [2.24, 2.45) is 11.7 Å². The van der Waals surface area contributed by atoms with Crippen molar-refractivity contribution in [1.29, 1.82) is 0 Å². The monoisotopic (exact) mass is 343 g/mol. The molecule has 1 saturated heterocycles. The van der Waals surface area contributed by atoms with Crippen LogP contribution in [0.4, 0.5) is 18.9 Å². The molecule has 0 aromatic heterocycles. The standard InChI is InChI=1S/C15H16F3N3O3/c16-15(17,18)10-3-1-2-4-11(10)20-13(23)14(24)21-7-5-9(6-8-21)12(19)22/h1-4,9H,5-8H2,(H2,19,22)(H,20,23). The van der Waals surface area contributed by atoms with Crippen LogP contribution in [0.2, 0.25) is 0 Å². The van der Waals surface area contributed by atoms with E-state index in [2.05, 4.69) is 0 Å². The highest BCUT2D eigenvalue weighted by Crippen LogP contribution is 2.34. The highest BCUT2D eigenvalue weighted by atomic mass is 19.4. The van der Waals surface area contributed by atoms with Gasteiger partial charge in [-0.2, -0.15) is 13.2 Å². The van der Waals surface area contributed by atoms with Crippen LogP contribution >= 0.6 is 0 Å². The first-order valence-electron chi connectivity index (χ1n) is 7.26. The van der Waals surface area contributed by atoms with Crippen LogP contribution in [-0.4, -0.2) is 35.7 Å². The minimum atomic E-state index is -4.65. The summed E-state index contributed by atoms with van der Waals surface area (Å²) >= 11 is 0. The minimum Gasteiger partial charge on any atom is -0.369 e. The van der Waals surface area contributed by atoms with Gasteiger partial charge < -0.3 is 16.0 Å². The van der Waals surface area contributed by atoms with Crippen molar-refractivity contribution in [3.05, 3.63) is 29.8 Å². The lowest BCUT2D eigenvalue weighted by molar-refractivity contribution is -0.144. The average molecular weight is 343 g/mol. The molecule has 0 radical (unpaired) electrons. The zero-order chi connectivity index (χ0) is 17.9. The molecule has 1 fully saturated rings. The molecule has 1 aromatic carbocycles. The number of alkyl halides is 3. The molecule has 1 aliphatic rings. The number of halogens is 3. The number of piperidine rings is 1. The molecule has 1 aromatic rings. The van der Waals surface area contributed by atoms with Crippen LogP contribution in [0.1, 0.15) is 18.4 Å². The van der Waals surface area contributed by atoms with Gasteiger partial charge in [0, 0.05) is 19.0 Å². The number of hydrogen-bond donors (Lipinski definition) is 2. The summed E-state index contributed by atoms with van der Waals surface area (Å²) in [5.41, 5.74) is 3.67. The quantitative estimate of drug-likeness (QED) is 0.795. The second kappa shape index (κ2) is 6.90. The fraction of sp³-hybridized carbons (Fsp3) is 0.400. The van der Waals surface area contributed by atoms with Gasteiger partial charge in [-0.15, -0.1) is 0 Å². The van der Waals surface area contributed by atoms with E-state index in [1.165, 1.54) is 17.0 Å². The molecule has 0 bridgehead atoms. The lowest BCUT2D eigenvalue weighted by Crippen LogP contribution is -2.46. The highest BCUT2D eigenvalue weighted by molar-refractivity contribution is 6.39. The Bertz CT molecular complexity index is 653. The number of benzene rings is 1. The summed E-state index contributed by atoms with van der Waals surface area (Å²) in [6.45, 7) is 0.307. The SMILES string of the molecule is NC(=O)C1CCN(C(=O)C(=O)Nc2ccccc2C(F)(F)F)CC1. The number of anilines is 1. The number of carbonyl (C=O) groups excluding carboxylic acids is 3. The largest absolute Gasteiger partial charge is 0.418 e. The summed E-state index contributed by atoms with van der Waals surface area (Å²) in [4.78, 5) is 36.3. The van der Waals surface area contributed by atoms with E-state index in [9.17, 15) is 27.6 Å². The predicted octanol–water partition coefficient (Wildman–Crippen LogP) is 1.37. The molecule has 24 heavy (non-hydrogen) atoms. The summed E-state index contributed by atoms with van der Waals surface area (Å²) in [6, 6.07) is 4.41. The van der Waals surface area contributed by atoms with Gasteiger partial charge >= 0.3 is 18.0 Å². The van der Waals surface area contributed by atoms with Crippen LogP contribution in [0.15, 0.2) is 24.3 Å². The van der Waals surface area contributed by atoms with E-state index in [0.29, 0.717) is 12.8 Å². The Morgan fingerprint density at radius 2 is 1.71 bits per heavy atom. The number of nitrogens with two attached hydrogens (primary N) is 1. The van der Waals surface area contributed by atoms with E-state index in [0.717, 1.165) is 12.1 Å². The maximum atomic E-state index is 12.9. The summed E-state index contributed by atoms with van der Waals surface area (Å²) < 4.78 is 38.6. The van der Waals surface area contributed by atoms with Crippen molar-refractivity contribution in [2.45, 2.75) is 19.0 Å². The van der Waals surface area contributed by atoms with Gasteiger partial charge in [0.25, 0.3) is 0 Å². The van der Waals surface area contributed by atoms with Crippen LogP contribution < -0.4 is 11.1 Å². The van der Waals surface area contributed by atoms with Gasteiger partial charge in [0.05, 0.1) is 11.3 Å². The lowest BCUT2D eigenvalue weighted by Gasteiger charge is -2.30. The molecule has 1 aliphatic heterocycles. The number of likely N-dealkylation sites (tertiary alicyclic amines) is 1. The normalized spacial score (nSPS) is 15.9. The third-order valence-corrected chi connectivity index (χ3v) is 3.86. The lowest BCUT2D eigenvalue weighted by atomic mass is 9.96. The first kappa shape index (κ1) is 17.8. The Morgan fingerprint density at radius 1 is 1.12 bits per heavy atom. The number of rotatable bonds is 2. The van der Waals surface area contributed by atoms with Crippen molar-refractivity contribution in [1.82, 2.24) is 4.90 Å². The number of primary amides is 1. The Kier molecular flexibility index (Phi) is 5.10. The Hall–Kier alpha value is -2.58. The van der Waals surface area contributed by atoms with Crippen LogP contribution in [0.5, 0.6) is 0 Å². The molecular formula is C15H16F3N3O3. The summed E-state index contributed by atoms with van der Waals surface area (Å²) in [5, 5.41) is 2.01. The molecule has 3 N–H and O–H groups in total. The van der Waals surface area contributed by atoms with Crippen LogP contribution in [0.3, 0.4) is 0 Å². The summed E-state index contributed by atoms with van der Waals surface area (Å²) in [7, 11) is 0. The number of nitrogens with zero attached hydrogens (tertiary/aromatic N) is 1. The first-order chi connectivity index (χ1) is 11.2. The Balaban J connectivity index is 2.03. The molecule has 0 atom stereocenters. The third-order valence-electron chi connectivity index (χ3n) is 3.86. The number of hydrogen-bond acceptors (Lipinski definition) is 3. The van der Waals surface area contributed by atoms with Gasteiger partial charge in [-0.3, -0.25) is 14.4 Å². The van der Waals surface area contributed by atoms with E-state index in [4.69, 9.17) is 5.73 Å². The summed E-state index contributed by atoms with van der Waals surface area (Å²) in [5.74, 6) is -2.91. The topological polar surface area (TPSA) is 92.5 Å². The van der Waals surface area contributed by atoms with E-state index >= 15 is 0 Å². The zero-order valence-electron chi connectivity index (χ0n) is 12.6. The molecule has 6 nitrogen and oxygen atoms in total. The van der Waals surface area contributed by atoms with Crippen molar-refractivity contribution < 1.29 is 27.6 Å². The van der Waals surface area contributed by atoms with Gasteiger partial charge in [-0.25, -0.2) is 0 Å². The molecule has 1 heterocycles. The van der Waals surface area contributed by atoms with Crippen molar-refractivity contribution >= 4 is 23.4 Å². The Morgan fingerprint density at radius 3 is 2.25 bits per heavy atom. The predicted molar refractivity (Wildman–Crippen MR) is 78.6 cm³/mol. The van der Waals surface area contributed by atoms with Gasteiger partial charge in [0.15, 0.2) is 0 Å². The highest BCUT2D eigenvalue weighted by Gasteiger charge is 2.35. The van der Waals surface area contributed by atoms with Crippen LogP contribution in [0.25, 0.3) is 0 Å². The molecule has 9 heteroatoms. The maximum absolute atomic E-state index is 12.9. The molecule has 2 rings (SSSR count). The minimum absolute atomic E-state index is 0.154. The number of nitrogens with one attached hydrogen (secondary N) is 1. The van der Waals surface area contributed by atoms with Crippen molar-refractivity contribution in [3.8, 4) is 0 Å². The molecule has 0 saturated carbocycles. The second-order valence-corrected chi connectivity index (χ2v) is 5.47. The number of para-hydroxylation sites is 1. The molecule has 130 valence electrons. The number of carbonyl (C=O) groups is 3. The molecule has 0 spiro atoms. The fourth-order valence-corrected chi connectivity index (χ4v) is 2.53. The van der Waals surface area contributed by atoms with Gasteiger partial charge in [0.1, 0.15) is 0 Å². The molecule has 0 aliphatic carbocycles. The molecular weight excluding hydrogens is 327 g/mol. The van der Waals surface area contributed by atoms with Gasteiger partial charge in [-0.05, 0) is 25.0 Å². The maximum Gasteiger partial charge on any atom is 0.418 e. The second-order valence-electron chi connectivity index (χ2n) is 5.47. The molecule has 0 unspecified atom stereocenters. The first-order valence-corrected chi connectivity index (χ1v) is 7.26. The molecule has 3 amide bonds. The van der Waals surface area contributed by atoms with E-state index < -0.39 is 35.1 Å². The van der Waals surface area contributed by atoms with Crippen LogP contribution in [-0.2, 0) is 20.6 Å². The fourth-order valence-electron chi connectivity index (χ4n) is 2.53. The van der Waals surface area contributed by atoms with E-state index in [1.807, 2.05) is 5.32 Å². The Labute approximate surface area is 135 Å². The van der Waals surface area contributed by atoms with Crippen molar-refractivity contribution in [3.63, 3.8) is 0 Å². The average Bonchev–Trinajstić information content (AvgIpc) is 2.53. The zero-order valence-corrected chi connectivity index (χ0v) is 12.6. The van der Waals surface area contributed by atoms with Gasteiger partial charge in [-0.1, -0.05) is 12.1 Å².